The number of carbonyl (C=O) groups is 2. The van der Waals surface area contributed by atoms with Gasteiger partial charge in [-0.1, -0.05) is 6.92 Å². The van der Waals surface area contributed by atoms with Gasteiger partial charge in [-0.25, -0.2) is 4.79 Å². The van der Waals surface area contributed by atoms with Crippen LogP contribution in [0, 0.1) is 5.92 Å². The molecule has 5 heteroatoms. The lowest BCUT2D eigenvalue weighted by atomic mass is 10.0. The third kappa shape index (κ3) is 3.37. The second kappa shape index (κ2) is 5.59. The standard InChI is InChI=1S/C13H24N2O3/c1-5-13(2,3)15(4)12(18)14-10-7-6-9(8-10)11(16)17/h9-10H,5-8H2,1-4H3,(H,14,18)(H,16,17). The molecule has 0 aromatic rings. The summed E-state index contributed by atoms with van der Waals surface area (Å²) < 4.78 is 0. The maximum atomic E-state index is 12.0. The number of rotatable bonds is 4. The molecule has 0 aliphatic heterocycles. The molecule has 1 saturated carbocycles. The summed E-state index contributed by atoms with van der Waals surface area (Å²) in [7, 11) is 1.78. The summed E-state index contributed by atoms with van der Waals surface area (Å²) in [4.78, 5) is 24.6. The molecule has 18 heavy (non-hydrogen) atoms. The van der Waals surface area contributed by atoms with Crippen LogP contribution in [0.5, 0.6) is 0 Å². The second-order valence-corrected chi connectivity index (χ2v) is 5.72. The van der Waals surface area contributed by atoms with Crippen molar-refractivity contribution in [3.63, 3.8) is 0 Å². The second-order valence-electron chi connectivity index (χ2n) is 5.72. The van der Waals surface area contributed by atoms with Crippen LogP contribution < -0.4 is 5.32 Å². The minimum atomic E-state index is -0.756. The van der Waals surface area contributed by atoms with Gasteiger partial charge < -0.3 is 15.3 Å². The highest BCUT2D eigenvalue weighted by atomic mass is 16.4. The zero-order valence-corrected chi connectivity index (χ0v) is 11.7. The molecule has 0 heterocycles. The Morgan fingerprint density at radius 3 is 2.44 bits per heavy atom. The quantitative estimate of drug-likeness (QED) is 0.809. The summed E-state index contributed by atoms with van der Waals surface area (Å²) >= 11 is 0. The number of carbonyl (C=O) groups excluding carboxylic acids is 1. The molecule has 1 aliphatic rings. The molecule has 5 nitrogen and oxygen atoms in total. The Balaban J connectivity index is 2.49. The SMILES string of the molecule is CCC(C)(C)N(C)C(=O)NC1CCC(C(=O)O)C1. The van der Waals surface area contributed by atoms with E-state index in [4.69, 9.17) is 5.11 Å². The van der Waals surface area contributed by atoms with Crippen molar-refractivity contribution in [3.05, 3.63) is 0 Å². The van der Waals surface area contributed by atoms with Crippen molar-refractivity contribution in [1.29, 1.82) is 0 Å². The zero-order valence-electron chi connectivity index (χ0n) is 11.7. The van der Waals surface area contributed by atoms with Gasteiger partial charge in [0.1, 0.15) is 0 Å². The molecule has 0 spiro atoms. The summed E-state index contributed by atoms with van der Waals surface area (Å²) in [6.07, 6.45) is 2.82. The van der Waals surface area contributed by atoms with Crippen molar-refractivity contribution in [2.24, 2.45) is 5.92 Å². The molecule has 0 radical (unpaired) electrons. The van der Waals surface area contributed by atoms with Crippen molar-refractivity contribution in [2.45, 2.75) is 58.0 Å². The van der Waals surface area contributed by atoms with Gasteiger partial charge in [0.05, 0.1) is 5.92 Å². The van der Waals surface area contributed by atoms with E-state index in [1.807, 2.05) is 20.8 Å². The van der Waals surface area contributed by atoms with Gasteiger partial charge in [0.2, 0.25) is 0 Å². The van der Waals surface area contributed by atoms with Crippen LogP contribution in [-0.4, -0.2) is 40.6 Å². The van der Waals surface area contributed by atoms with Crippen LogP contribution in [0.3, 0.4) is 0 Å². The van der Waals surface area contributed by atoms with E-state index in [1.54, 1.807) is 11.9 Å². The smallest absolute Gasteiger partial charge is 0.317 e. The molecule has 0 saturated heterocycles. The molecule has 0 aromatic carbocycles. The van der Waals surface area contributed by atoms with E-state index in [-0.39, 0.29) is 23.5 Å². The van der Waals surface area contributed by atoms with Crippen LogP contribution in [0.25, 0.3) is 0 Å². The fraction of sp³-hybridized carbons (Fsp3) is 0.846. The van der Waals surface area contributed by atoms with E-state index in [0.717, 1.165) is 12.8 Å². The van der Waals surface area contributed by atoms with Gasteiger partial charge in [-0.15, -0.1) is 0 Å². The van der Waals surface area contributed by atoms with Crippen molar-refractivity contribution < 1.29 is 14.7 Å². The first-order chi connectivity index (χ1) is 8.27. The molecule has 2 amide bonds. The first-order valence-corrected chi connectivity index (χ1v) is 6.55. The lowest BCUT2D eigenvalue weighted by Crippen LogP contribution is -2.51. The lowest BCUT2D eigenvalue weighted by Gasteiger charge is -2.35. The van der Waals surface area contributed by atoms with Crippen molar-refractivity contribution >= 4 is 12.0 Å². The number of carboxylic acid groups (broad SMARTS) is 1. The van der Waals surface area contributed by atoms with Crippen LogP contribution in [0.2, 0.25) is 0 Å². The highest BCUT2D eigenvalue weighted by molar-refractivity contribution is 5.75. The van der Waals surface area contributed by atoms with Crippen LogP contribution in [0.4, 0.5) is 4.79 Å². The Morgan fingerprint density at radius 1 is 1.39 bits per heavy atom. The molecule has 2 atom stereocenters. The van der Waals surface area contributed by atoms with E-state index in [2.05, 4.69) is 5.32 Å². The Kier molecular flexibility index (Phi) is 4.59. The van der Waals surface area contributed by atoms with Crippen LogP contribution in [0.15, 0.2) is 0 Å². The van der Waals surface area contributed by atoms with Crippen LogP contribution >= 0.6 is 0 Å². The van der Waals surface area contributed by atoms with E-state index < -0.39 is 5.97 Å². The number of amides is 2. The first-order valence-electron chi connectivity index (χ1n) is 6.55. The Morgan fingerprint density at radius 2 is 2.00 bits per heavy atom. The molecule has 0 aromatic heterocycles. The van der Waals surface area contributed by atoms with Crippen LogP contribution in [0.1, 0.15) is 46.5 Å². The minimum Gasteiger partial charge on any atom is -0.481 e. The van der Waals surface area contributed by atoms with Gasteiger partial charge in [0.25, 0.3) is 0 Å². The molecular weight excluding hydrogens is 232 g/mol. The average Bonchev–Trinajstić information content (AvgIpc) is 2.76. The highest BCUT2D eigenvalue weighted by Crippen LogP contribution is 2.26. The summed E-state index contributed by atoms with van der Waals surface area (Å²) in [6.45, 7) is 6.07. The summed E-state index contributed by atoms with van der Waals surface area (Å²) in [6, 6.07) is -0.119. The van der Waals surface area contributed by atoms with Crippen molar-refractivity contribution in [2.75, 3.05) is 7.05 Å². The maximum Gasteiger partial charge on any atom is 0.317 e. The Hall–Kier alpha value is -1.26. The minimum absolute atomic E-state index is 0.00583. The van der Waals surface area contributed by atoms with Crippen LogP contribution in [-0.2, 0) is 4.79 Å². The topological polar surface area (TPSA) is 69.6 Å². The maximum absolute atomic E-state index is 12.0. The van der Waals surface area contributed by atoms with Crippen molar-refractivity contribution in [3.8, 4) is 0 Å². The third-order valence-electron chi connectivity index (χ3n) is 4.19. The number of aliphatic carboxylic acids is 1. The summed E-state index contributed by atoms with van der Waals surface area (Å²) in [5, 5.41) is 11.8. The first kappa shape index (κ1) is 14.8. The number of urea groups is 1. The van der Waals surface area contributed by atoms with Crippen molar-refractivity contribution in [1.82, 2.24) is 10.2 Å². The number of carboxylic acids is 1. The lowest BCUT2D eigenvalue weighted by molar-refractivity contribution is -0.141. The normalized spacial score (nSPS) is 23.8. The zero-order chi connectivity index (χ0) is 13.9. The molecule has 1 aliphatic carbocycles. The number of nitrogens with one attached hydrogen (secondary N) is 1. The predicted octanol–water partition coefficient (Wildman–Crippen LogP) is 2.07. The average molecular weight is 256 g/mol. The number of nitrogens with zero attached hydrogens (tertiary/aromatic N) is 1. The summed E-state index contributed by atoms with van der Waals surface area (Å²) in [5.74, 6) is -1.06. The Labute approximate surface area is 109 Å². The molecule has 1 fully saturated rings. The van der Waals surface area contributed by atoms with E-state index >= 15 is 0 Å². The molecular formula is C13H24N2O3. The number of hydrogen-bond donors (Lipinski definition) is 2. The van der Waals surface area contributed by atoms with Gasteiger partial charge >= 0.3 is 12.0 Å². The monoisotopic (exact) mass is 256 g/mol. The largest absolute Gasteiger partial charge is 0.481 e. The van der Waals surface area contributed by atoms with E-state index in [1.165, 1.54) is 0 Å². The van der Waals surface area contributed by atoms with Gasteiger partial charge in [-0.3, -0.25) is 4.79 Å². The molecule has 104 valence electrons. The molecule has 1 rings (SSSR count). The third-order valence-corrected chi connectivity index (χ3v) is 4.19. The highest BCUT2D eigenvalue weighted by Gasteiger charge is 2.33. The predicted molar refractivity (Wildman–Crippen MR) is 69.4 cm³/mol. The van der Waals surface area contributed by atoms with Gasteiger partial charge in [-0.2, -0.15) is 0 Å². The Bertz CT molecular complexity index is 328. The molecule has 2 N–H and O–H groups in total. The fourth-order valence-electron chi connectivity index (χ4n) is 2.12. The van der Waals surface area contributed by atoms with Gasteiger partial charge in [0, 0.05) is 18.6 Å². The van der Waals surface area contributed by atoms with E-state index in [9.17, 15) is 9.59 Å². The molecule has 0 bridgehead atoms. The fourth-order valence-corrected chi connectivity index (χ4v) is 2.12. The van der Waals surface area contributed by atoms with Gasteiger partial charge in [-0.05, 0) is 39.5 Å². The van der Waals surface area contributed by atoms with E-state index in [0.29, 0.717) is 12.8 Å². The number of hydrogen-bond acceptors (Lipinski definition) is 2. The summed E-state index contributed by atoms with van der Waals surface area (Å²) in [5.41, 5.74) is -0.186. The molecule has 2 unspecified atom stereocenters. The van der Waals surface area contributed by atoms with Gasteiger partial charge in [0.15, 0.2) is 0 Å².